The predicted molar refractivity (Wildman–Crippen MR) is 63.2 cm³/mol. The summed E-state index contributed by atoms with van der Waals surface area (Å²) < 4.78 is 6.07. The highest BCUT2D eigenvalue weighted by Gasteiger charge is 2.44. The third-order valence-electron chi connectivity index (χ3n) is 5.18. The van der Waals surface area contributed by atoms with Gasteiger partial charge in [0, 0.05) is 6.61 Å². The summed E-state index contributed by atoms with van der Waals surface area (Å²) in [6, 6.07) is 0. The number of aliphatic hydroxyl groups excluding tert-OH is 1. The Morgan fingerprint density at radius 1 is 1.00 bits per heavy atom. The standard InChI is InChI=1S/C14H24O2/c15-13-5-3-4-12(13)11-6-9-16-14(10-11)7-1-2-8-14/h11-13,15H,1-10H2. The molecule has 1 heterocycles. The molecule has 3 aliphatic rings. The van der Waals surface area contributed by atoms with Gasteiger partial charge in [0.2, 0.25) is 0 Å². The molecule has 2 saturated carbocycles. The van der Waals surface area contributed by atoms with Crippen molar-refractivity contribution in [1.82, 2.24) is 0 Å². The van der Waals surface area contributed by atoms with Crippen molar-refractivity contribution >= 4 is 0 Å². The van der Waals surface area contributed by atoms with E-state index < -0.39 is 0 Å². The molecule has 92 valence electrons. The highest BCUT2D eigenvalue weighted by atomic mass is 16.5. The Morgan fingerprint density at radius 3 is 2.50 bits per heavy atom. The van der Waals surface area contributed by atoms with E-state index in [0.717, 1.165) is 18.9 Å². The van der Waals surface area contributed by atoms with Crippen molar-refractivity contribution in [2.24, 2.45) is 11.8 Å². The first kappa shape index (κ1) is 11.0. The summed E-state index contributed by atoms with van der Waals surface area (Å²) in [5.41, 5.74) is 0.227. The SMILES string of the molecule is OC1CCCC1C1CCOC2(CCCC2)C1. The number of rotatable bonds is 1. The van der Waals surface area contributed by atoms with Gasteiger partial charge in [0.05, 0.1) is 11.7 Å². The fraction of sp³-hybridized carbons (Fsp3) is 1.00. The molecule has 1 N–H and O–H groups in total. The normalized spacial score (nSPS) is 42.9. The van der Waals surface area contributed by atoms with Gasteiger partial charge >= 0.3 is 0 Å². The Morgan fingerprint density at radius 2 is 1.81 bits per heavy atom. The minimum absolute atomic E-state index is 0.0125. The Hall–Kier alpha value is -0.0800. The van der Waals surface area contributed by atoms with Crippen LogP contribution in [0.3, 0.4) is 0 Å². The molecular weight excluding hydrogens is 200 g/mol. The van der Waals surface area contributed by atoms with Crippen LogP contribution in [0.2, 0.25) is 0 Å². The Kier molecular flexibility index (Phi) is 2.97. The van der Waals surface area contributed by atoms with E-state index in [9.17, 15) is 5.11 Å². The van der Waals surface area contributed by atoms with Crippen LogP contribution >= 0.6 is 0 Å². The highest BCUT2D eigenvalue weighted by molar-refractivity contribution is 4.95. The molecule has 0 radical (unpaired) electrons. The van der Waals surface area contributed by atoms with Crippen LogP contribution in [0, 0.1) is 11.8 Å². The molecule has 0 aromatic carbocycles. The van der Waals surface area contributed by atoms with Gasteiger partial charge in [-0.3, -0.25) is 0 Å². The lowest BCUT2D eigenvalue weighted by Crippen LogP contribution is -2.40. The molecule has 3 fully saturated rings. The quantitative estimate of drug-likeness (QED) is 0.742. The molecule has 0 aromatic rings. The summed E-state index contributed by atoms with van der Waals surface area (Å²) >= 11 is 0. The molecule has 0 aromatic heterocycles. The van der Waals surface area contributed by atoms with E-state index in [2.05, 4.69) is 0 Å². The van der Waals surface area contributed by atoms with Crippen molar-refractivity contribution in [2.75, 3.05) is 6.61 Å². The zero-order valence-electron chi connectivity index (χ0n) is 10.2. The smallest absolute Gasteiger partial charge is 0.0685 e. The summed E-state index contributed by atoms with van der Waals surface area (Å²) in [5.74, 6) is 1.32. The maximum absolute atomic E-state index is 10.0. The highest BCUT2D eigenvalue weighted by Crippen LogP contribution is 2.46. The lowest BCUT2D eigenvalue weighted by atomic mass is 9.76. The minimum atomic E-state index is -0.0125. The summed E-state index contributed by atoms with van der Waals surface area (Å²) in [4.78, 5) is 0. The third kappa shape index (κ3) is 1.91. The van der Waals surface area contributed by atoms with E-state index >= 15 is 0 Å². The molecule has 1 saturated heterocycles. The van der Waals surface area contributed by atoms with Crippen molar-refractivity contribution < 1.29 is 9.84 Å². The Balaban J connectivity index is 1.67. The van der Waals surface area contributed by atoms with Crippen LogP contribution in [-0.4, -0.2) is 23.4 Å². The zero-order chi connectivity index (χ0) is 11.0. The molecule has 3 unspecified atom stereocenters. The zero-order valence-corrected chi connectivity index (χ0v) is 10.2. The summed E-state index contributed by atoms with van der Waals surface area (Å²) in [7, 11) is 0. The largest absolute Gasteiger partial charge is 0.393 e. The van der Waals surface area contributed by atoms with E-state index in [-0.39, 0.29) is 11.7 Å². The molecule has 0 amide bonds. The second-order valence-electron chi connectivity index (χ2n) is 6.15. The lowest BCUT2D eigenvalue weighted by Gasteiger charge is -2.41. The van der Waals surface area contributed by atoms with Crippen molar-refractivity contribution in [3.63, 3.8) is 0 Å². The summed E-state index contributed by atoms with van der Waals surface area (Å²) in [5, 5.41) is 10.0. The second kappa shape index (κ2) is 4.30. The van der Waals surface area contributed by atoms with Crippen molar-refractivity contribution in [3.8, 4) is 0 Å². The van der Waals surface area contributed by atoms with E-state index in [0.29, 0.717) is 5.92 Å². The molecule has 3 atom stereocenters. The van der Waals surface area contributed by atoms with Gasteiger partial charge in [-0.1, -0.05) is 19.3 Å². The number of hydrogen-bond acceptors (Lipinski definition) is 2. The van der Waals surface area contributed by atoms with Crippen LogP contribution in [0.4, 0.5) is 0 Å². The average molecular weight is 224 g/mol. The molecular formula is C14H24O2. The minimum Gasteiger partial charge on any atom is -0.393 e. The molecule has 2 nitrogen and oxygen atoms in total. The topological polar surface area (TPSA) is 29.5 Å². The van der Waals surface area contributed by atoms with Crippen LogP contribution < -0.4 is 0 Å². The van der Waals surface area contributed by atoms with Crippen LogP contribution in [0.25, 0.3) is 0 Å². The van der Waals surface area contributed by atoms with Gasteiger partial charge in [-0.15, -0.1) is 0 Å². The monoisotopic (exact) mass is 224 g/mol. The van der Waals surface area contributed by atoms with E-state index in [4.69, 9.17) is 4.74 Å². The van der Waals surface area contributed by atoms with Gasteiger partial charge in [0.25, 0.3) is 0 Å². The third-order valence-corrected chi connectivity index (χ3v) is 5.18. The van der Waals surface area contributed by atoms with Gasteiger partial charge in [-0.25, -0.2) is 0 Å². The number of aliphatic hydroxyl groups is 1. The average Bonchev–Trinajstić information content (AvgIpc) is 2.88. The van der Waals surface area contributed by atoms with Gasteiger partial charge < -0.3 is 9.84 Å². The van der Waals surface area contributed by atoms with Crippen LogP contribution in [-0.2, 0) is 4.74 Å². The van der Waals surface area contributed by atoms with Crippen molar-refractivity contribution in [1.29, 1.82) is 0 Å². The molecule has 2 heteroatoms. The molecule has 16 heavy (non-hydrogen) atoms. The molecule has 1 aliphatic heterocycles. The van der Waals surface area contributed by atoms with E-state index in [1.54, 1.807) is 0 Å². The first-order valence-corrected chi connectivity index (χ1v) is 7.11. The van der Waals surface area contributed by atoms with Gasteiger partial charge in [0.15, 0.2) is 0 Å². The van der Waals surface area contributed by atoms with Crippen molar-refractivity contribution in [2.45, 2.75) is 69.5 Å². The van der Waals surface area contributed by atoms with Crippen LogP contribution in [0.5, 0.6) is 0 Å². The second-order valence-corrected chi connectivity index (χ2v) is 6.15. The van der Waals surface area contributed by atoms with Gasteiger partial charge in [-0.05, 0) is 50.4 Å². The van der Waals surface area contributed by atoms with Crippen LogP contribution in [0.1, 0.15) is 57.8 Å². The van der Waals surface area contributed by atoms with E-state index in [1.807, 2.05) is 0 Å². The Labute approximate surface area is 98.4 Å². The number of ether oxygens (including phenoxy) is 1. The Bertz CT molecular complexity index is 245. The molecule has 2 aliphatic carbocycles. The molecule has 1 spiro atoms. The molecule has 0 bridgehead atoms. The maximum Gasteiger partial charge on any atom is 0.0685 e. The maximum atomic E-state index is 10.0. The first-order chi connectivity index (χ1) is 7.79. The van der Waals surface area contributed by atoms with Crippen molar-refractivity contribution in [3.05, 3.63) is 0 Å². The lowest BCUT2D eigenvalue weighted by molar-refractivity contribution is -0.108. The summed E-state index contributed by atoms with van der Waals surface area (Å²) in [6.45, 7) is 0.938. The van der Waals surface area contributed by atoms with Gasteiger partial charge in [-0.2, -0.15) is 0 Å². The first-order valence-electron chi connectivity index (χ1n) is 7.11. The van der Waals surface area contributed by atoms with Crippen LogP contribution in [0.15, 0.2) is 0 Å². The number of hydrogen-bond donors (Lipinski definition) is 1. The fourth-order valence-corrected chi connectivity index (χ4v) is 4.32. The van der Waals surface area contributed by atoms with E-state index in [1.165, 1.54) is 51.4 Å². The molecule has 3 rings (SSSR count). The predicted octanol–water partition coefficient (Wildman–Crippen LogP) is 2.89. The summed E-state index contributed by atoms with van der Waals surface area (Å²) in [6.07, 6.45) is 11.2. The van der Waals surface area contributed by atoms with Gasteiger partial charge in [0.1, 0.15) is 0 Å². The fourth-order valence-electron chi connectivity index (χ4n) is 4.32.